The highest BCUT2D eigenvalue weighted by Gasteiger charge is 2.18. The second-order valence-corrected chi connectivity index (χ2v) is 4.53. The normalized spacial score (nSPS) is 12.9. The summed E-state index contributed by atoms with van der Waals surface area (Å²) in [6, 6.07) is -0.402. The SMILES string of the molecule is Cc1c(C)c(C(N)CO)c(C)c(Br)c1O. The number of phenolic OH excluding ortho intramolecular Hbond substituents is 1. The van der Waals surface area contributed by atoms with Crippen molar-refractivity contribution in [2.24, 2.45) is 5.73 Å². The zero-order valence-corrected chi connectivity index (χ0v) is 10.7. The van der Waals surface area contributed by atoms with Gasteiger partial charge in [0.2, 0.25) is 0 Å². The second-order valence-electron chi connectivity index (χ2n) is 3.74. The van der Waals surface area contributed by atoms with E-state index in [-0.39, 0.29) is 12.4 Å². The van der Waals surface area contributed by atoms with Gasteiger partial charge in [-0.15, -0.1) is 0 Å². The smallest absolute Gasteiger partial charge is 0.133 e. The van der Waals surface area contributed by atoms with Crippen LogP contribution in [0.2, 0.25) is 0 Å². The van der Waals surface area contributed by atoms with E-state index in [0.29, 0.717) is 4.47 Å². The van der Waals surface area contributed by atoms with Crippen molar-refractivity contribution in [3.8, 4) is 5.75 Å². The maximum absolute atomic E-state index is 9.80. The van der Waals surface area contributed by atoms with E-state index in [0.717, 1.165) is 22.3 Å². The zero-order valence-electron chi connectivity index (χ0n) is 9.13. The topological polar surface area (TPSA) is 66.5 Å². The monoisotopic (exact) mass is 273 g/mol. The van der Waals surface area contributed by atoms with Gasteiger partial charge >= 0.3 is 0 Å². The first-order valence-electron chi connectivity index (χ1n) is 4.76. The lowest BCUT2D eigenvalue weighted by molar-refractivity contribution is 0.267. The van der Waals surface area contributed by atoms with Gasteiger partial charge in [0, 0.05) is 0 Å². The number of hydrogen-bond donors (Lipinski definition) is 3. The number of benzene rings is 1. The molecular formula is C11H16BrNO2. The standard InChI is InChI=1S/C11H16BrNO2/c1-5-6(2)11(15)10(12)7(3)9(5)8(13)4-14/h8,14-15H,4,13H2,1-3H3. The summed E-state index contributed by atoms with van der Waals surface area (Å²) >= 11 is 3.33. The predicted molar refractivity (Wildman–Crippen MR) is 64.0 cm³/mol. The number of phenols is 1. The summed E-state index contributed by atoms with van der Waals surface area (Å²) in [6.45, 7) is 5.52. The van der Waals surface area contributed by atoms with Gasteiger partial charge in [-0.25, -0.2) is 0 Å². The summed E-state index contributed by atoms with van der Waals surface area (Å²) in [6.07, 6.45) is 0. The molecule has 1 atom stereocenters. The summed E-state index contributed by atoms with van der Waals surface area (Å²) in [5, 5.41) is 18.9. The van der Waals surface area contributed by atoms with Crippen molar-refractivity contribution < 1.29 is 10.2 Å². The summed E-state index contributed by atoms with van der Waals surface area (Å²) in [5.41, 5.74) is 9.36. The van der Waals surface area contributed by atoms with Crippen molar-refractivity contribution in [3.05, 3.63) is 26.7 Å². The fourth-order valence-corrected chi connectivity index (χ4v) is 2.28. The van der Waals surface area contributed by atoms with Crippen LogP contribution in [0.1, 0.15) is 28.3 Å². The fourth-order valence-electron chi connectivity index (χ4n) is 1.77. The Bertz CT molecular complexity index is 362. The molecular weight excluding hydrogens is 258 g/mol. The molecule has 0 saturated carbocycles. The molecule has 4 heteroatoms. The van der Waals surface area contributed by atoms with Crippen molar-refractivity contribution in [2.75, 3.05) is 6.61 Å². The molecule has 0 aliphatic rings. The van der Waals surface area contributed by atoms with Crippen LogP contribution in [0.3, 0.4) is 0 Å². The van der Waals surface area contributed by atoms with Crippen LogP contribution in [0.4, 0.5) is 0 Å². The molecule has 3 nitrogen and oxygen atoms in total. The van der Waals surface area contributed by atoms with Crippen LogP contribution >= 0.6 is 15.9 Å². The van der Waals surface area contributed by atoms with Crippen LogP contribution in [0.5, 0.6) is 5.75 Å². The van der Waals surface area contributed by atoms with Gasteiger partial charge in [0.25, 0.3) is 0 Å². The van der Waals surface area contributed by atoms with Crippen LogP contribution in [-0.4, -0.2) is 16.8 Å². The van der Waals surface area contributed by atoms with Crippen molar-refractivity contribution >= 4 is 15.9 Å². The van der Waals surface area contributed by atoms with Gasteiger partial charge in [0.1, 0.15) is 5.75 Å². The molecule has 0 spiro atoms. The lowest BCUT2D eigenvalue weighted by Crippen LogP contribution is -2.18. The van der Waals surface area contributed by atoms with Gasteiger partial charge in [-0.05, 0) is 59.0 Å². The van der Waals surface area contributed by atoms with Gasteiger partial charge in [-0.3, -0.25) is 0 Å². The number of aliphatic hydroxyl groups is 1. The van der Waals surface area contributed by atoms with Crippen LogP contribution in [0.15, 0.2) is 4.47 Å². The maximum atomic E-state index is 9.80. The Balaban J connectivity index is 3.52. The Morgan fingerprint density at radius 3 is 2.20 bits per heavy atom. The van der Waals surface area contributed by atoms with Crippen molar-refractivity contribution in [1.29, 1.82) is 0 Å². The van der Waals surface area contributed by atoms with Gasteiger partial charge in [-0.2, -0.15) is 0 Å². The number of nitrogens with two attached hydrogens (primary N) is 1. The first kappa shape index (κ1) is 12.5. The van der Waals surface area contributed by atoms with E-state index in [2.05, 4.69) is 15.9 Å². The molecule has 0 heterocycles. The van der Waals surface area contributed by atoms with E-state index in [1.165, 1.54) is 0 Å². The molecule has 0 aromatic heterocycles. The summed E-state index contributed by atoms with van der Waals surface area (Å²) < 4.78 is 0.657. The van der Waals surface area contributed by atoms with Crippen LogP contribution in [0.25, 0.3) is 0 Å². The second kappa shape index (κ2) is 4.51. The Kier molecular flexibility index (Phi) is 3.76. The highest BCUT2D eigenvalue weighted by atomic mass is 79.9. The number of aromatic hydroxyl groups is 1. The molecule has 1 aromatic carbocycles. The lowest BCUT2D eigenvalue weighted by atomic mass is 9.93. The molecule has 0 amide bonds. The summed E-state index contributed by atoms with van der Waals surface area (Å²) in [4.78, 5) is 0. The number of rotatable bonds is 2. The molecule has 1 rings (SSSR count). The average Bonchev–Trinajstić information content (AvgIpc) is 2.23. The molecule has 84 valence electrons. The van der Waals surface area contributed by atoms with E-state index in [9.17, 15) is 5.11 Å². The minimum Gasteiger partial charge on any atom is -0.506 e. The van der Waals surface area contributed by atoms with Gasteiger partial charge < -0.3 is 15.9 Å². The first-order valence-corrected chi connectivity index (χ1v) is 5.55. The molecule has 15 heavy (non-hydrogen) atoms. The van der Waals surface area contributed by atoms with Crippen LogP contribution in [-0.2, 0) is 0 Å². The molecule has 4 N–H and O–H groups in total. The molecule has 0 aliphatic heterocycles. The summed E-state index contributed by atoms with van der Waals surface area (Å²) in [5.74, 6) is 0.249. The molecule has 0 bridgehead atoms. The summed E-state index contributed by atoms with van der Waals surface area (Å²) in [7, 11) is 0. The van der Waals surface area contributed by atoms with Crippen molar-refractivity contribution in [3.63, 3.8) is 0 Å². The van der Waals surface area contributed by atoms with E-state index >= 15 is 0 Å². The van der Waals surface area contributed by atoms with E-state index in [1.54, 1.807) is 0 Å². The third kappa shape index (κ3) is 2.02. The van der Waals surface area contributed by atoms with Gasteiger partial charge in [0.15, 0.2) is 0 Å². The van der Waals surface area contributed by atoms with E-state index < -0.39 is 6.04 Å². The average molecular weight is 274 g/mol. The Morgan fingerprint density at radius 2 is 1.73 bits per heavy atom. The highest BCUT2D eigenvalue weighted by molar-refractivity contribution is 9.10. The molecule has 1 unspecified atom stereocenters. The van der Waals surface area contributed by atoms with Gasteiger partial charge in [0.05, 0.1) is 17.1 Å². The largest absolute Gasteiger partial charge is 0.506 e. The number of halogens is 1. The Morgan fingerprint density at radius 1 is 1.20 bits per heavy atom. The third-order valence-electron chi connectivity index (χ3n) is 2.83. The molecule has 0 aliphatic carbocycles. The van der Waals surface area contributed by atoms with Crippen LogP contribution < -0.4 is 5.73 Å². The predicted octanol–water partition coefficient (Wildman–Crippen LogP) is 2.07. The Hall–Kier alpha value is -0.580. The minimum atomic E-state index is -0.402. The third-order valence-corrected chi connectivity index (χ3v) is 3.80. The zero-order chi connectivity index (χ0) is 11.7. The molecule has 1 aromatic rings. The quantitative estimate of drug-likeness (QED) is 0.773. The van der Waals surface area contributed by atoms with Crippen molar-refractivity contribution in [1.82, 2.24) is 0 Å². The van der Waals surface area contributed by atoms with E-state index in [1.807, 2.05) is 20.8 Å². The van der Waals surface area contributed by atoms with Crippen LogP contribution in [0, 0.1) is 20.8 Å². The molecule has 0 radical (unpaired) electrons. The van der Waals surface area contributed by atoms with Crippen molar-refractivity contribution in [2.45, 2.75) is 26.8 Å². The number of hydrogen-bond acceptors (Lipinski definition) is 3. The number of aliphatic hydroxyl groups excluding tert-OH is 1. The van der Waals surface area contributed by atoms with E-state index in [4.69, 9.17) is 10.8 Å². The molecule has 0 saturated heterocycles. The maximum Gasteiger partial charge on any atom is 0.133 e. The first-order chi connectivity index (χ1) is 6.91. The fraction of sp³-hybridized carbons (Fsp3) is 0.455. The molecule has 0 fully saturated rings. The minimum absolute atomic E-state index is 0.0989. The Labute approximate surface area is 98.1 Å². The lowest BCUT2D eigenvalue weighted by Gasteiger charge is -2.20. The highest BCUT2D eigenvalue weighted by Crippen LogP contribution is 2.37. The van der Waals surface area contributed by atoms with Gasteiger partial charge in [-0.1, -0.05) is 0 Å².